The van der Waals surface area contributed by atoms with Crippen LogP contribution in [0.15, 0.2) is 27.1 Å². The van der Waals surface area contributed by atoms with Gasteiger partial charge in [-0.1, -0.05) is 38.8 Å². The maximum Gasteiger partial charge on any atom is 0.253 e. The van der Waals surface area contributed by atoms with Crippen LogP contribution in [-0.2, 0) is 0 Å². The number of rotatable bonds is 5. The predicted molar refractivity (Wildman–Crippen MR) is 80.8 cm³/mol. The lowest BCUT2D eigenvalue weighted by Crippen LogP contribution is -2.33. The van der Waals surface area contributed by atoms with Gasteiger partial charge in [0.05, 0.1) is 0 Å². The second-order valence-corrected chi connectivity index (χ2v) is 6.68. The highest BCUT2D eigenvalue weighted by Gasteiger charge is 2.27. The summed E-state index contributed by atoms with van der Waals surface area (Å²) in [6.07, 6.45) is 3.55. The Morgan fingerprint density at radius 1 is 1.28 bits per heavy atom. The Labute approximate surface area is 125 Å². The summed E-state index contributed by atoms with van der Waals surface area (Å²) in [5, 5.41) is 0. The van der Waals surface area contributed by atoms with E-state index in [2.05, 4.69) is 38.8 Å². The molecule has 0 aliphatic heterocycles. The Bertz CT molecular complexity index is 423. The SMILES string of the molecule is CCCN(CC1CC1)C(=O)c1cc(Br)cc(Br)c1. The van der Waals surface area contributed by atoms with Crippen molar-refractivity contribution in [1.29, 1.82) is 0 Å². The highest BCUT2D eigenvalue weighted by Crippen LogP contribution is 2.30. The number of carbonyl (C=O) groups excluding carboxylic acids is 1. The van der Waals surface area contributed by atoms with E-state index >= 15 is 0 Å². The number of amides is 1. The average molecular weight is 375 g/mol. The Hall–Kier alpha value is -0.350. The van der Waals surface area contributed by atoms with E-state index in [0.29, 0.717) is 0 Å². The van der Waals surface area contributed by atoms with E-state index in [1.54, 1.807) is 0 Å². The molecule has 0 unspecified atom stereocenters. The number of halogens is 2. The van der Waals surface area contributed by atoms with Crippen molar-refractivity contribution in [3.63, 3.8) is 0 Å². The second kappa shape index (κ2) is 6.20. The summed E-state index contributed by atoms with van der Waals surface area (Å²) in [6, 6.07) is 5.73. The van der Waals surface area contributed by atoms with Gasteiger partial charge in [0.15, 0.2) is 0 Å². The van der Waals surface area contributed by atoms with Gasteiger partial charge in [-0.3, -0.25) is 4.79 Å². The number of hydrogen-bond acceptors (Lipinski definition) is 1. The highest BCUT2D eigenvalue weighted by molar-refractivity contribution is 9.11. The first-order chi connectivity index (χ1) is 8.60. The highest BCUT2D eigenvalue weighted by atomic mass is 79.9. The van der Waals surface area contributed by atoms with Crippen LogP contribution in [0.1, 0.15) is 36.5 Å². The monoisotopic (exact) mass is 373 g/mol. The van der Waals surface area contributed by atoms with E-state index < -0.39 is 0 Å². The van der Waals surface area contributed by atoms with Crippen LogP contribution in [0, 0.1) is 5.92 Å². The molecule has 0 heterocycles. The van der Waals surface area contributed by atoms with Crippen molar-refractivity contribution in [3.8, 4) is 0 Å². The Morgan fingerprint density at radius 2 is 1.89 bits per heavy atom. The first kappa shape index (κ1) is 14.1. The molecule has 98 valence electrons. The van der Waals surface area contributed by atoms with Crippen LogP contribution < -0.4 is 0 Å². The third-order valence-corrected chi connectivity index (χ3v) is 3.98. The van der Waals surface area contributed by atoms with Gasteiger partial charge in [0.1, 0.15) is 0 Å². The van der Waals surface area contributed by atoms with Crippen LogP contribution in [0.3, 0.4) is 0 Å². The van der Waals surface area contributed by atoms with Crippen molar-refractivity contribution >= 4 is 37.8 Å². The van der Waals surface area contributed by atoms with Crippen molar-refractivity contribution in [2.24, 2.45) is 5.92 Å². The summed E-state index contributed by atoms with van der Waals surface area (Å²) >= 11 is 6.86. The number of hydrogen-bond donors (Lipinski definition) is 0. The van der Waals surface area contributed by atoms with Crippen LogP contribution in [0.25, 0.3) is 0 Å². The summed E-state index contributed by atoms with van der Waals surface area (Å²) in [7, 11) is 0. The fourth-order valence-electron chi connectivity index (χ4n) is 2.02. The smallest absolute Gasteiger partial charge is 0.253 e. The van der Waals surface area contributed by atoms with Gasteiger partial charge in [-0.05, 0) is 43.4 Å². The van der Waals surface area contributed by atoms with Crippen LogP contribution in [0.2, 0.25) is 0 Å². The molecule has 0 atom stereocenters. The summed E-state index contributed by atoms with van der Waals surface area (Å²) in [5.74, 6) is 0.877. The molecule has 0 bridgehead atoms. The second-order valence-electron chi connectivity index (χ2n) is 4.85. The fourth-order valence-corrected chi connectivity index (χ4v) is 3.31. The van der Waals surface area contributed by atoms with E-state index in [9.17, 15) is 4.79 Å². The van der Waals surface area contributed by atoms with Gasteiger partial charge >= 0.3 is 0 Å². The molecule has 0 N–H and O–H groups in total. The third kappa shape index (κ3) is 3.82. The van der Waals surface area contributed by atoms with Crippen LogP contribution in [0.4, 0.5) is 0 Å². The molecule has 1 fully saturated rings. The number of nitrogens with zero attached hydrogens (tertiary/aromatic N) is 1. The predicted octanol–water partition coefficient (Wildman–Crippen LogP) is 4.47. The zero-order chi connectivity index (χ0) is 13.1. The molecule has 0 radical (unpaired) electrons. The molecule has 0 saturated heterocycles. The zero-order valence-electron chi connectivity index (χ0n) is 10.5. The van der Waals surface area contributed by atoms with E-state index in [1.165, 1.54) is 12.8 Å². The maximum atomic E-state index is 12.5. The number of benzene rings is 1. The molecule has 4 heteroatoms. The van der Waals surface area contributed by atoms with Gasteiger partial charge in [-0.15, -0.1) is 0 Å². The molecule has 1 aromatic rings. The minimum Gasteiger partial charge on any atom is -0.338 e. The Balaban J connectivity index is 2.14. The molecule has 1 saturated carbocycles. The standard InChI is InChI=1S/C14H17Br2NO/c1-2-5-17(9-10-3-4-10)14(18)11-6-12(15)8-13(16)7-11/h6-8,10H,2-5,9H2,1H3. The fraction of sp³-hybridized carbons (Fsp3) is 0.500. The molecule has 2 rings (SSSR count). The Kier molecular flexibility index (Phi) is 4.84. The first-order valence-electron chi connectivity index (χ1n) is 6.35. The van der Waals surface area contributed by atoms with Crippen molar-refractivity contribution in [2.75, 3.05) is 13.1 Å². The molecular formula is C14H17Br2NO. The van der Waals surface area contributed by atoms with Crippen molar-refractivity contribution < 1.29 is 4.79 Å². The van der Waals surface area contributed by atoms with Gasteiger partial charge in [0.2, 0.25) is 0 Å². The van der Waals surface area contributed by atoms with E-state index in [0.717, 1.165) is 39.9 Å². The molecule has 1 aliphatic rings. The first-order valence-corrected chi connectivity index (χ1v) is 7.94. The molecule has 0 spiro atoms. The van der Waals surface area contributed by atoms with Gasteiger partial charge in [0.25, 0.3) is 5.91 Å². The lowest BCUT2D eigenvalue weighted by molar-refractivity contribution is 0.0747. The topological polar surface area (TPSA) is 20.3 Å². The molecular weight excluding hydrogens is 358 g/mol. The molecule has 2 nitrogen and oxygen atoms in total. The molecule has 1 aliphatic carbocycles. The van der Waals surface area contributed by atoms with Crippen molar-refractivity contribution in [2.45, 2.75) is 26.2 Å². The molecule has 0 aromatic heterocycles. The van der Waals surface area contributed by atoms with Gasteiger partial charge < -0.3 is 4.90 Å². The minimum absolute atomic E-state index is 0.144. The Morgan fingerprint density at radius 3 is 2.39 bits per heavy atom. The van der Waals surface area contributed by atoms with Gasteiger partial charge in [0, 0.05) is 27.6 Å². The van der Waals surface area contributed by atoms with Crippen molar-refractivity contribution in [3.05, 3.63) is 32.7 Å². The average Bonchev–Trinajstić information content (AvgIpc) is 3.10. The van der Waals surface area contributed by atoms with Gasteiger partial charge in [-0.2, -0.15) is 0 Å². The number of carbonyl (C=O) groups is 1. The largest absolute Gasteiger partial charge is 0.338 e. The summed E-state index contributed by atoms with van der Waals surface area (Å²) in [6.45, 7) is 3.88. The van der Waals surface area contributed by atoms with Gasteiger partial charge in [-0.25, -0.2) is 0 Å². The molecule has 1 amide bonds. The normalized spacial score (nSPS) is 14.6. The van der Waals surface area contributed by atoms with Crippen molar-refractivity contribution in [1.82, 2.24) is 4.90 Å². The summed E-state index contributed by atoms with van der Waals surface area (Å²) in [5.41, 5.74) is 0.755. The summed E-state index contributed by atoms with van der Waals surface area (Å²) in [4.78, 5) is 14.5. The van der Waals surface area contributed by atoms with Crippen LogP contribution >= 0.6 is 31.9 Å². The third-order valence-electron chi connectivity index (χ3n) is 3.07. The quantitative estimate of drug-likeness (QED) is 0.744. The zero-order valence-corrected chi connectivity index (χ0v) is 13.6. The van der Waals surface area contributed by atoms with E-state index in [-0.39, 0.29) is 5.91 Å². The lowest BCUT2D eigenvalue weighted by Gasteiger charge is -2.22. The maximum absolute atomic E-state index is 12.5. The van der Waals surface area contributed by atoms with E-state index in [1.807, 2.05) is 23.1 Å². The summed E-state index contributed by atoms with van der Waals surface area (Å²) < 4.78 is 1.87. The van der Waals surface area contributed by atoms with Crippen LogP contribution in [0.5, 0.6) is 0 Å². The molecule has 1 aromatic carbocycles. The molecule has 18 heavy (non-hydrogen) atoms. The lowest BCUT2D eigenvalue weighted by atomic mass is 10.2. The van der Waals surface area contributed by atoms with E-state index in [4.69, 9.17) is 0 Å². The minimum atomic E-state index is 0.144. The van der Waals surface area contributed by atoms with Crippen LogP contribution in [-0.4, -0.2) is 23.9 Å².